The lowest BCUT2D eigenvalue weighted by atomic mass is 9.91. The van der Waals surface area contributed by atoms with Gasteiger partial charge in [0, 0.05) is 13.2 Å². The summed E-state index contributed by atoms with van der Waals surface area (Å²) in [6.45, 7) is 11.0. The van der Waals surface area contributed by atoms with Gasteiger partial charge in [0.05, 0.1) is 59.1 Å². The van der Waals surface area contributed by atoms with Crippen LogP contribution in [0, 0.1) is 0 Å². The van der Waals surface area contributed by atoms with Gasteiger partial charge in [0.25, 0.3) is 0 Å². The third-order valence-corrected chi connectivity index (χ3v) is 4.06. The maximum absolute atomic E-state index is 5.61. The molecule has 1 rings (SSSR count). The molecule has 0 atom stereocenters. The van der Waals surface area contributed by atoms with Gasteiger partial charge in [-0.3, -0.25) is 0 Å². The average molecular weight is 387 g/mol. The minimum absolute atomic E-state index is 0.584. The Morgan fingerprint density at radius 3 is 1.89 bits per heavy atom. The van der Waals surface area contributed by atoms with E-state index in [9.17, 15) is 0 Å². The highest BCUT2D eigenvalue weighted by Crippen LogP contribution is 2.27. The van der Waals surface area contributed by atoms with E-state index in [1.807, 2.05) is 20.1 Å². The van der Waals surface area contributed by atoms with Crippen molar-refractivity contribution in [2.45, 2.75) is 39.5 Å². The van der Waals surface area contributed by atoms with Gasteiger partial charge in [-0.15, -0.1) is 0 Å². The summed E-state index contributed by atoms with van der Waals surface area (Å²) in [5.41, 5.74) is 2.78. The molecule has 0 saturated heterocycles. The molecule has 158 valence electrons. The Morgan fingerprint density at radius 2 is 1.22 bits per heavy atom. The predicted octanol–water partition coefficient (Wildman–Crippen LogP) is 3.51. The Balaban J connectivity index is 2.03. The minimum atomic E-state index is 0.584. The largest absolute Gasteiger partial charge is 0.499 e. The van der Waals surface area contributed by atoms with Crippen LogP contribution < -0.4 is 0 Å². The van der Waals surface area contributed by atoms with Gasteiger partial charge in [-0.25, -0.2) is 0 Å². The van der Waals surface area contributed by atoms with E-state index in [2.05, 4.69) is 6.08 Å². The van der Waals surface area contributed by atoms with E-state index in [1.165, 1.54) is 17.6 Å². The fourth-order valence-corrected chi connectivity index (χ4v) is 2.68. The predicted molar refractivity (Wildman–Crippen MR) is 106 cm³/mol. The van der Waals surface area contributed by atoms with Crippen molar-refractivity contribution in [3.63, 3.8) is 0 Å². The van der Waals surface area contributed by atoms with Crippen molar-refractivity contribution in [3.05, 3.63) is 23.5 Å². The third kappa shape index (κ3) is 14.8. The highest BCUT2D eigenvalue weighted by atomic mass is 16.5. The number of allylic oxidation sites excluding steroid dienone is 2. The molecular formula is C21H38O6. The molecule has 0 radical (unpaired) electrons. The van der Waals surface area contributed by atoms with Crippen LogP contribution in [0.1, 0.15) is 39.5 Å². The van der Waals surface area contributed by atoms with Crippen LogP contribution in [0.4, 0.5) is 0 Å². The molecule has 0 bridgehead atoms. The van der Waals surface area contributed by atoms with Crippen LogP contribution in [0.3, 0.4) is 0 Å². The molecule has 1 aliphatic carbocycles. The van der Waals surface area contributed by atoms with Gasteiger partial charge in [-0.05, 0) is 45.1 Å². The van der Waals surface area contributed by atoms with Gasteiger partial charge >= 0.3 is 0 Å². The topological polar surface area (TPSA) is 55.4 Å². The molecule has 0 aromatic carbocycles. The van der Waals surface area contributed by atoms with Gasteiger partial charge in [0.15, 0.2) is 0 Å². The van der Waals surface area contributed by atoms with Crippen LogP contribution >= 0.6 is 0 Å². The zero-order valence-corrected chi connectivity index (χ0v) is 17.2. The van der Waals surface area contributed by atoms with Crippen molar-refractivity contribution in [1.29, 1.82) is 0 Å². The van der Waals surface area contributed by atoms with E-state index >= 15 is 0 Å². The van der Waals surface area contributed by atoms with Crippen molar-refractivity contribution in [1.82, 2.24) is 0 Å². The molecule has 1 saturated carbocycles. The zero-order valence-electron chi connectivity index (χ0n) is 17.2. The second-order valence-corrected chi connectivity index (χ2v) is 6.23. The first kappa shape index (κ1) is 24.1. The Morgan fingerprint density at radius 1 is 0.667 bits per heavy atom. The summed E-state index contributed by atoms with van der Waals surface area (Å²) in [4.78, 5) is 0. The van der Waals surface area contributed by atoms with Crippen LogP contribution in [-0.2, 0) is 28.4 Å². The molecule has 0 aromatic rings. The van der Waals surface area contributed by atoms with Gasteiger partial charge < -0.3 is 28.4 Å². The van der Waals surface area contributed by atoms with Crippen molar-refractivity contribution in [2.75, 3.05) is 72.7 Å². The van der Waals surface area contributed by atoms with Crippen LogP contribution in [0.2, 0.25) is 0 Å². The summed E-state index contributed by atoms with van der Waals surface area (Å²) in [5.74, 6) is 0. The Hall–Kier alpha value is -0.920. The number of rotatable bonds is 17. The molecule has 6 nitrogen and oxygen atoms in total. The van der Waals surface area contributed by atoms with Gasteiger partial charge in [-0.2, -0.15) is 0 Å². The SMILES string of the molecule is CCOCCOCCO/C=C1/CCC/C(=C/COCCOCCOCC)C1. The average Bonchev–Trinajstić information content (AvgIpc) is 2.69. The smallest absolute Gasteiger partial charge is 0.111 e. The molecular weight excluding hydrogens is 348 g/mol. The monoisotopic (exact) mass is 386 g/mol. The summed E-state index contributed by atoms with van der Waals surface area (Å²) in [6.07, 6.45) is 8.52. The zero-order chi connectivity index (χ0) is 19.4. The van der Waals surface area contributed by atoms with Crippen molar-refractivity contribution >= 4 is 0 Å². The number of hydrogen-bond donors (Lipinski definition) is 0. The summed E-state index contributed by atoms with van der Waals surface area (Å²) in [6, 6.07) is 0. The maximum Gasteiger partial charge on any atom is 0.111 e. The first-order valence-corrected chi connectivity index (χ1v) is 10.2. The maximum atomic E-state index is 5.61. The molecule has 0 aliphatic heterocycles. The molecule has 1 aliphatic rings. The van der Waals surface area contributed by atoms with Crippen LogP contribution in [-0.4, -0.2) is 72.7 Å². The van der Waals surface area contributed by atoms with Crippen LogP contribution in [0.15, 0.2) is 23.5 Å². The fourth-order valence-electron chi connectivity index (χ4n) is 2.68. The molecule has 27 heavy (non-hydrogen) atoms. The van der Waals surface area contributed by atoms with Gasteiger partial charge in [0.1, 0.15) is 6.61 Å². The summed E-state index contributed by atoms with van der Waals surface area (Å²) < 4.78 is 32.5. The lowest BCUT2D eigenvalue weighted by Gasteiger charge is -2.17. The van der Waals surface area contributed by atoms with E-state index in [4.69, 9.17) is 28.4 Å². The second kappa shape index (κ2) is 18.4. The molecule has 0 unspecified atom stereocenters. The normalized spacial score (nSPS) is 17.7. The molecule has 6 heteroatoms. The Kier molecular flexibility index (Phi) is 16.5. The number of hydrogen-bond acceptors (Lipinski definition) is 6. The summed E-state index contributed by atoms with van der Waals surface area (Å²) >= 11 is 0. The fraction of sp³-hybridized carbons (Fsp3) is 0.810. The van der Waals surface area contributed by atoms with Crippen molar-refractivity contribution < 1.29 is 28.4 Å². The summed E-state index contributed by atoms with van der Waals surface area (Å²) in [7, 11) is 0. The quantitative estimate of drug-likeness (QED) is 0.217. The van der Waals surface area contributed by atoms with E-state index in [-0.39, 0.29) is 0 Å². The van der Waals surface area contributed by atoms with Crippen molar-refractivity contribution in [2.24, 2.45) is 0 Å². The van der Waals surface area contributed by atoms with E-state index in [0.717, 1.165) is 32.5 Å². The lowest BCUT2D eigenvalue weighted by molar-refractivity contribution is 0.0222. The van der Waals surface area contributed by atoms with Gasteiger partial charge in [-0.1, -0.05) is 11.6 Å². The third-order valence-electron chi connectivity index (χ3n) is 4.06. The minimum Gasteiger partial charge on any atom is -0.499 e. The molecule has 0 amide bonds. The molecule has 1 fully saturated rings. The Labute approximate surface area is 164 Å². The van der Waals surface area contributed by atoms with E-state index in [1.54, 1.807) is 0 Å². The first-order valence-electron chi connectivity index (χ1n) is 10.2. The first-order chi connectivity index (χ1) is 13.4. The lowest BCUT2D eigenvalue weighted by Crippen LogP contribution is -2.09. The molecule has 0 N–H and O–H groups in total. The second-order valence-electron chi connectivity index (χ2n) is 6.23. The highest BCUT2D eigenvalue weighted by Gasteiger charge is 2.10. The highest BCUT2D eigenvalue weighted by molar-refractivity contribution is 5.18. The van der Waals surface area contributed by atoms with Crippen LogP contribution in [0.5, 0.6) is 0 Å². The van der Waals surface area contributed by atoms with Gasteiger partial charge in [0.2, 0.25) is 0 Å². The number of ether oxygens (including phenoxy) is 6. The standard InChI is InChI=1S/C21H38O6/c1-3-22-10-12-25-15-14-24-9-8-20-6-5-7-21(18-20)19-27-17-16-26-13-11-23-4-2/h8,19H,3-7,9-18H2,1-2H3/b20-8-,21-19-. The molecule has 0 heterocycles. The molecule has 0 aromatic heterocycles. The van der Waals surface area contributed by atoms with Crippen LogP contribution in [0.25, 0.3) is 0 Å². The van der Waals surface area contributed by atoms with Crippen molar-refractivity contribution in [3.8, 4) is 0 Å². The Bertz CT molecular complexity index is 394. The molecule has 0 spiro atoms. The van der Waals surface area contributed by atoms with E-state index < -0.39 is 0 Å². The van der Waals surface area contributed by atoms with E-state index in [0.29, 0.717) is 59.5 Å². The summed E-state index contributed by atoms with van der Waals surface area (Å²) in [5, 5.41) is 0.